The van der Waals surface area contributed by atoms with E-state index in [2.05, 4.69) is 0 Å². The Hall–Kier alpha value is -3.53. The fourth-order valence-electron chi connectivity index (χ4n) is 3.81. The maximum Gasteiger partial charge on any atom is 0.258 e. The van der Waals surface area contributed by atoms with Crippen LogP contribution in [0.4, 0.5) is 0 Å². The van der Waals surface area contributed by atoms with Crippen molar-refractivity contribution in [2.45, 2.75) is 6.54 Å². The molecule has 3 nitrogen and oxygen atoms in total. The summed E-state index contributed by atoms with van der Waals surface area (Å²) in [6.45, 7) is 0.490. The van der Waals surface area contributed by atoms with E-state index in [1.54, 1.807) is 23.1 Å². The zero-order chi connectivity index (χ0) is 22.8. The lowest BCUT2D eigenvalue weighted by molar-refractivity contribution is -0.123. The number of nitrogens with zero attached hydrogens (tertiary/aromatic N) is 1. The molecule has 33 heavy (non-hydrogen) atoms. The van der Waals surface area contributed by atoms with Gasteiger partial charge in [-0.2, -0.15) is 0 Å². The van der Waals surface area contributed by atoms with Crippen LogP contribution in [0.2, 0.25) is 10.0 Å². The number of hydrogen-bond acceptors (Lipinski definition) is 2. The van der Waals surface area contributed by atoms with Crippen LogP contribution in [-0.2, 0) is 11.3 Å². The number of carbonyl (C=O) groups is 1. The highest BCUT2D eigenvalue weighted by atomic mass is 35.5. The van der Waals surface area contributed by atoms with Gasteiger partial charge in [0.05, 0.1) is 22.3 Å². The molecule has 1 aromatic heterocycles. The molecule has 3 aromatic carbocycles. The van der Waals surface area contributed by atoms with Gasteiger partial charge in [-0.1, -0.05) is 83.9 Å². The molecule has 4 aromatic rings. The largest absolute Gasteiger partial charge is 0.457 e. The van der Waals surface area contributed by atoms with Gasteiger partial charge in [0.1, 0.15) is 11.5 Å². The van der Waals surface area contributed by atoms with E-state index in [1.807, 2.05) is 84.9 Å². The second-order valence-corrected chi connectivity index (χ2v) is 8.52. The molecular weight excluding hydrogens is 453 g/mol. The first-order valence-corrected chi connectivity index (χ1v) is 11.2. The van der Waals surface area contributed by atoms with Gasteiger partial charge in [-0.25, -0.2) is 0 Å². The van der Waals surface area contributed by atoms with Crippen LogP contribution in [0.15, 0.2) is 107 Å². The van der Waals surface area contributed by atoms with Crippen molar-refractivity contribution in [1.29, 1.82) is 0 Å². The van der Waals surface area contributed by atoms with E-state index in [4.69, 9.17) is 27.6 Å². The highest BCUT2D eigenvalue weighted by Crippen LogP contribution is 2.34. The third-order valence-electron chi connectivity index (χ3n) is 5.46. The van der Waals surface area contributed by atoms with Crippen molar-refractivity contribution < 1.29 is 9.21 Å². The van der Waals surface area contributed by atoms with Gasteiger partial charge in [0.15, 0.2) is 0 Å². The Balaban J connectivity index is 1.48. The molecule has 5 heteroatoms. The van der Waals surface area contributed by atoms with Gasteiger partial charge in [0.25, 0.3) is 5.91 Å². The van der Waals surface area contributed by atoms with E-state index in [-0.39, 0.29) is 5.91 Å². The minimum Gasteiger partial charge on any atom is -0.457 e. The van der Waals surface area contributed by atoms with Gasteiger partial charge in [0.2, 0.25) is 0 Å². The summed E-state index contributed by atoms with van der Waals surface area (Å²) in [5, 5.41) is 0.950. The molecule has 0 bridgehead atoms. The van der Waals surface area contributed by atoms with Crippen LogP contribution in [0.3, 0.4) is 0 Å². The molecule has 0 saturated heterocycles. The van der Waals surface area contributed by atoms with Crippen molar-refractivity contribution >= 4 is 40.9 Å². The minimum absolute atomic E-state index is 0.0646. The average molecular weight is 472 g/mol. The van der Waals surface area contributed by atoms with Crippen molar-refractivity contribution in [2.24, 2.45) is 0 Å². The van der Waals surface area contributed by atoms with Gasteiger partial charge in [-0.15, -0.1) is 0 Å². The summed E-state index contributed by atoms with van der Waals surface area (Å²) in [5.41, 5.74) is 4.31. The molecule has 2 heterocycles. The number of amides is 1. The Morgan fingerprint density at radius 1 is 0.788 bits per heavy atom. The minimum atomic E-state index is -0.0646. The molecule has 0 spiro atoms. The molecule has 1 aliphatic rings. The maximum absolute atomic E-state index is 13.4. The number of benzene rings is 3. The van der Waals surface area contributed by atoms with Crippen LogP contribution in [-0.4, -0.2) is 10.8 Å². The first kappa shape index (κ1) is 21.3. The van der Waals surface area contributed by atoms with Crippen molar-refractivity contribution in [3.05, 3.63) is 130 Å². The van der Waals surface area contributed by atoms with Gasteiger partial charge >= 0.3 is 0 Å². The molecule has 0 aliphatic carbocycles. The van der Waals surface area contributed by atoms with Crippen LogP contribution in [0.1, 0.15) is 16.9 Å². The summed E-state index contributed by atoms with van der Waals surface area (Å²) < 4.78 is 5.99. The quantitative estimate of drug-likeness (QED) is 0.279. The first-order chi connectivity index (χ1) is 16.1. The van der Waals surface area contributed by atoms with Gasteiger partial charge < -0.3 is 9.32 Å². The normalized spacial score (nSPS) is 14.7. The van der Waals surface area contributed by atoms with Crippen molar-refractivity contribution in [1.82, 2.24) is 4.90 Å². The lowest BCUT2D eigenvalue weighted by Gasteiger charge is -2.20. The highest BCUT2D eigenvalue weighted by molar-refractivity contribution is 6.42. The summed E-state index contributed by atoms with van der Waals surface area (Å²) in [4.78, 5) is 15.2. The Labute approximate surface area is 202 Å². The fourth-order valence-corrected chi connectivity index (χ4v) is 4.11. The van der Waals surface area contributed by atoms with Crippen LogP contribution in [0.5, 0.6) is 0 Å². The zero-order valence-electron chi connectivity index (χ0n) is 17.5. The molecular formula is C28H19Cl2NO2. The maximum atomic E-state index is 13.4. The molecule has 0 radical (unpaired) electrons. The van der Waals surface area contributed by atoms with E-state index < -0.39 is 0 Å². The molecule has 1 amide bonds. The summed E-state index contributed by atoms with van der Waals surface area (Å²) in [6, 6.07) is 28.9. The van der Waals surface area contributed by atoms with Crippen molar-refractivity contribution in [3.63, 3.8) is 0 Å². The van der Waals surface area contributed by atoms with E-state index in [0.29, 0.717) is 33.7 Å². The van der Waals surface area contributed by atoms with E-state index in [1.165, 1.54) is 0 Å². The highest BCUT2D eigenvalue weighted by Gasteiger charge is 2.29. The summed E-state index contributed by atoms with van der Waals surface area (Å²) in [6.07, 6.45) is 3.69. The molecule has 162 valence electrons. The third kappa shape index (κ3) is 4.51. The SMILES string of the molecule is O=C1/C(=C/c2ccc(-c3ccc(Cl)c(Cl)c3)o2)C=C(c2ccccc2)N1Cc1ccccc1. The van der Waals surface area contributed by atoms with E-state index >= 15 is 0 Å². The summed E-state index contributed by atoms with van der Waals surface area (Å²) >= 11 is 12.2. The molecule has 1 aliphatic heterocycles. The van der Waals surface area contributed by atoms with Crippen molar-refractivity contribution in [2.75, 3.05) is 0 Å². The predicted molar refractivity (Wildman–Crippen MR) is 134 cm³/mol. The zero-order valence-corrected chi connectivity index (χ0v) is 19.1. The summed E-state index contributed by atoms with van der Waals surface area (Å²) in [5.74, 6) is 1.18. The molecule has 0 N–H and O–H groups in total. The monoisotopic (exact) mass is 471 g/mol. The van der Waals surface area contributed by atoms with Crippen LogP contribution in [0.25, 0.3) is 23.1 Å². The van der Waals surface area contributed by atoms with E-state index in [9.17, 15) is 4.79 Å². The lowest BCUT2D eigenvalue weighted by Crippen LogP contribution is -2.25. The fraction of sp³-hybridized carbons (Fsp3) is 0.0357. The smallest absolute Gasteiger partial charge is 0.258 e. The van der Waals surface area contributed by atoms with Gasteiger partial charge in [0, 0.05) is 11.1 Å². The van der Waals surface area contributed by atoms with Crippen molar-refractivity contribution in [3.8, 4) is 11.3 Å². The van der Waals surface area contributed by atoms with E-state index in [0.717, 1.165) is 22.4 Å². The van der Waals surface area contributed by atoms with Crippen LogP contribution in [0, 0.1) is 0 Å². The second-order valence-electron chi connectivity index (χ2n) is 7.70. The molecule has 0 fully saturated rings. The number of carbonyl (C=O) groups excluding carboxylic acids is 1. The number of furan rings is 1. The number of halogens is 2. The first-order valence-electron chi connectivity index (χ1n) is 10.5. The Morgan fingerprint density at radius 2 is 1.52 bits per heavy atom. The summed E-state index contributed by atoms with van der Waals surface area (Å²) in [7, 11) is 0. The Morgan fingerprint density at radius 3 is 2.24 bits per heavy atom. The van der Waals surface area contributed by atoms with Gasteiger partial charge in [-0.3, -0.25) is 4.79 Å². The number of rotatable bonds is 5. The number of hydrogen-bond donors (Lipinski definition) is 0. The Kier molecular flexibility index (Phi) is 5.91. The third-order valence-corrected chi connectivity index (χ3v) is 6.20. The van der Waals surface area contributed by atoms with Crippen LogP contribution >= 0.6 is 23.2 Å². The standard InChI is InChI=1S/C28H19Cl2NO2/c29-24-13-11-21(16-25(24)30)27-14-12-23(33-27)15-22-17-26(20-9-5-2-6-10-20)31(28(22)32)18-19-7-3-1-4-8-19/h1-17H,18H2/b22-15+. The topological polar surface area (TPSA) is 33.5 Å². The van der Waals surface area contributed by atoms with Crippen LogP contribution < -0.4 is 0 Å². The molecule has 0 atom stereocenters. The lowest BCUT2D eigenvalue weighted by atomic mass is 10.1. The average Bonchev–Trinajstić information content (AvgIpc) is 3.43. The predicted octanol–water partition coefficient (Wildman–Crippen LogP) is 7.72. The molecule has 0 saturated carbocycles. The molecule has 0 unspecified atom stereocenters. The van der Waals surface area contributed by atoms with Gasteiger partial charge in [-0.05, 0) is 53.6 Å². The molecule has 5 rings (SSSR count). The Bertz CT molecular complexity index is 1370. The second kappa shape index (κ2) is 9.14.